The molecule has 0 radical (unpaired) electrons. The van der Waals surface area contributed by atoms with Crippen molar-refractivity contribution in [1.29, 1.82) is 0 Å². The molecule has 3 N–H and O–H groups in total. The molecule has 0 aliphatic carbocycles. The number of esters is 1. The van der Waals surface area contributed by atoms with E-state index < -0.39 is 12.1 Å². The minimum Gasteiger partial charge on any atom is -0.466 e. The Bertz CT molecular complexity index is 1070. The summed E-state index contributed by atoms with van der Waals surface area (Å²) < 4.78 is 5.50. The van der Waals surface area contributed by atoms with E-state index >= 15 is 0 Å². The van der Waals surface area contributed by atoms with E-state index in [0.717, 1.165) is 38.5 Å². The van der Waals surface area contributed by atoms with Crippen LogP contribution in [0.4, 0.5) is 0 Å². The summed E-state index contributed by atoms with van der Waals surface area (Å²) in [7, 11) is 0. The first-order valence-corrected chi connectivity index (χ1v) is 34.3. The number of aliphatic hydroxyl groups excluding tert-OH is 2. The first kappa shape index (κ1) is 72.9. The van der Waals surface area contributed by atoms with Gasteiger partial charge in [-0.25, -0.2) is 0 Å². The van der Waals surface area contributed by atoms with Crippen LogP contribution in [0.25, 0.3) is 0 Å². The van der Waals surface area contributed by atoms with E-state index in [1.807, 2.05) is 0 Å². The van der Waals surface area contributed by atoms with Gasteiger partial charge in [-0.2, -0.15) is 0 Å². The van der Waals surface area contributed by atoms with Gasteiger partial charge >= 0.3 is 5.97 Å². The number of amides is 1. The lowest BCUT2D eigenvalue weighted by Gasteiger charge is -2.22. The maximum atomic E-state index is 12.5. The second-order valence-corrected chi connectivity index (χ2v) is 23.9. The van der Waals surface area contributed by atoms with Gasteiger partial charge in [0.1, 0.15) is 0 Å². The molecule has 74 heavy (non-hydrogen) atoms. The van der Waals surface area contributed by atoms with Gasteiger partial charge in [-0.1, -0.05) is 361 Å². The topological polar surface area (TPSA) is 95.9 Å². The fourth-order valence-electron chi connectivity index (χ4n) is 11.2. The van der Waals surface area contributed by atoms with Crippen LogP contribution in [-0.4, -0.2) is 47.4 Å². The Kier molecular flexibility index (Phi) is 63.4. The normalized spacial score (nSPS) is 12.4. The SMILES string of the molecule is CCCCCCCCCCCCCCCCCCCCCCC(O)C(CO)NC(=O)CCCCCCCCCCCCCCCCCCCCCCOC(=O)CCCCCCCCCCCCCCCCCCC. The number of carbonyl (C=O) groups excluding carboxylic acids is 2. The summed E-state index contributed by atoms with van der Waals surface area (Å²) in [6.45, 7) is 5.00. The van der Waals surface area contributed by atoms with Gasteiger partial charge in [-0.3, -0.25) is 9.59 Å². The number of rotatable bonds is 65. The lowest BCUT2D eigenvalue weighted by Crippen LogP contribution is -2.45. The summed E-state index contributed by atoms with van der Waals surface area (Å²) in [6, 6.07) is -0.543. The van der Waals surface area contributed by atoms with Crippen molar-refractivity contribution < 1.29 is 24.5 Å². The molecule has 0 saturated heterocycles. The Morgan fingerprint density at radius 1 is 0.324 bits per heavy atom. The largest absolute Gasteiger partial charge is 0.466 e. The van der Waals surface area contributed by atoms with Crippen molar-refractivity contribution in [3.05, 3.63) is 0 Å². The Morgan fingerprint density at radius 2 is 0.554 bits per heavy atom. The number of unbranched alkanes of at least 4 members (excludes halogenated alkanes) is 54. The Labute approximate surface area is 464 Å². The van der Waals surface area contributed by atoms with E-state index in [9.17, 15) is 19.8 Å². The molecule has 0 aliphatic rings. The molecular weight excluding hydrogens is 911 g/mol. The Morgan fingerprint density at radius 3 is 0.824 bits per heavy atom. The van der Waals surface area contributed by atoms with Crippen LogP contribution >= 0.6 is 0 Å². The zero-order chi connectivity index (χ0) is 53.6. The van der Waals surface area contributed by atoms with Crippen LogP contribution in [0, 0.1) is 0 Å². The predicted octanol–water partition coefficient (Wildman–Crippen LogP) is 21.8. The van der Waals surface area contributed by atoms with E-state index in [4.69, 9.17) is 4.74 Å². The highest BCUT2D eigenvalue weighted by atomic mass is 16.5. The minimum absolute atomic E-state index is 0.0161. The molecule has 0 aromatic heterocycles. The van der Waals surface area contributed by atoms with Crippen molar-refractivity contribution in [3.63, 3.8) is 0 Å². The van der Waals surface area contributed by atoms with E-state index in [-0.39, 0.29) is 18.5 Å². The first-order valence-electron chi connectivity index (χ1n) is 34.3. The lowest BCUT2D eigenvalue weighted by atomic mass is 10.0. The molecule has 0 rings (SSSR count). The third-order valence-electron chi connectivity index (χ3n) is 16.4. The summed E-state index contributed by atoms with van der Waals surface area (Å²) in [4.78, 5) is 24.6. The van der Waals surface area contributed by atoms with Crippen LogP contribution in [-0.2, 0) is 14.3 Å². The molecular formula is C68H135NO5. The van der Waals surface area contributed by atoms with Gasteiger partial charge in [-0.05, 0) is 25.7 Å². The summed E-state index contributed by atoms with van der Waals surface area (Å²) in [5, 5.41) is 23.4. The third kappa shape index (κ3) is 60.1. The molecule has 0 aliphatic heterocycles. The molecule has 0 heterocycles. The summed E-state index contributed by atoms with van der Waals surface area (Å²) >= 11 is 0. The van der Waals surface area contributed by atoms with Crippen molar-refractivity contribution in [2.75, 3.05) is 13.2 Å². The number of hydrogen-bond donors (Lipinski definition) is 3. The van der Waals surface area contributed by atoms with Gasteiger partial charge in [0.25, 0.3) is 0 Å². The number of carbonyl (C=O) groups is 2. The third-order valence-corrected chi connectivity index (χ3v) is 16.4. The van der Waals surface area contributed by atoms with Crippen molar-refractivity contribution in [2.24, 2.45) is 0 Å². The first-order chi connectivity index (χ1) is 36.5. The van der Waals surface area contributed by atoms with Crippen molar-refractivity contribution >= 4 is 11.9 Å². The van der Waals surface area contributed by atoms with Crippen molar-refractivity contribution in [3.8, 4) is 0 Å². The van der Waals surface area contributed by atoms with Gasteiger partial charge in [0.2, 0.25) is 5.91 Å². The zero-order valence-electron chi connectivity index (χ0n) is 50.6. The van der Waals surface area contributed by atoms with Gasteiger partial charge < -0.3 is 20.3 Å². The van der Waals surface area contributed by atoms with E-state index in [2.05, 4.69) is 19.2 Å². The fraction of sp³-hybridized carbons (Fsp3) is 0.971. The minimum atomic E-state index is -0.665. The van der Waals surface area contributed by atoms with Gasteiger partial charge in [0.15, 0.2) is 0 Å². The fourth-order valence-corrected chi connectivity index (χ4v) is 11.2. The lowest BCUT2D eigenvalue weighted by molar-refractivity contribution is -0.143. The highest BCUT2D eigenvalue weighted by Gasteiger charge is 2.20. The quantitative estimate of drug-likeness (QED) is 0.0417. The summed E-state index contributed by atoms with van der Waals surface area (Å²) in [6.07, 6.45) is 77.0. The molecule has 1 amide bonds. The highest BCUT2D eigenvalue weighted by Crippen LogP contribution is 2.19. The molecule has 0 spiro atoms. The number of hydrogen-bond acceptors (Lipinski definition) is 5. The van der Waals surface area contributed by atoms with Crippen molar-refractivity contribution in [1.82, 2.24) is 5.32 Å². The van der Waals surface area contributed by atoms with Crippen LogP contribution in [0.15, 0.2) is 0 Å². The second-order valence-electron chi connectivity index (χ2n) is 23.9. The van der Waals surface area contributed by atoms with Crippen LogP contribution in [0.5, 0.6) is 0 Å². The van der Waals surface area contributed by atoms with Crippen LogP contribution in [0.3, 0.4) is 0 Å². The average molecular weight is 1050 g/mol. The van der Waals surface area contributed by atoms with Crippen LogP contribution in [0.1, 0.15) is 399 Å². The molecule has 0 saturated carbocycles. The molecule has 442 valence electrons. The average Bonchev–Trinajstić information content (AvgIpc) is 3.40. The second kappa shape index (κ2) is 64.4. The maximum absolute atomic E-state index is 12.5. The molecule has 6 nitrogen and oxygen atoms in total. The smallest absolute Gasteiger partial charge is 0.305 e. The summed E-state index contributed by atoms with van der Waals surface area (Å²) in [5.74, 6) is -0.0155. The highest BCUT2D eigenvalue weighted by molar-refractivity contribution is 5.76. The molecule has 0 aromatic rings. The van der Waals surface area contributed by atoms with Crippen molar-refractivity contribution in [2.45, 2.75) is 411 Å². The standard InChI is InChI=1S/C68H135NO5/c1-3-5-7-9-11-13-15-17-19-21-22-25-29-32-36-40-44-48-52-56-60-66(71)65(64-70)69-67(72)61-57-53-49-45-41-37-33-30-26-23-24-27-31-35-39-43-47-51-55-59-63-74-68(73)62-58-54-50-46-42-38-34-28-20-18-16-14-12-10-8-6-4-2/h65-66,70-71H,3-64H2,1-2H3,(H,69,72). The zero-order valence-corrected chi connectivity index (χ0v) is 50.6. The number of ether oxygens (including phenoxy) is 1. The van der Waals surface area contributed by atoms with E-state index in [0.29, 0.717) is 25.9 Å². The van der Waals surface area contributed by atoms with Gasteiger partial charge in [0.05, 0.1) is 25.4 Å². The Hall–Kier alpha value is -1.14. The van der Waals surface area contributed by atoms with Crippen LogP contribution < -0.4 is 5.32 Å². The molecule has 0 fully saturated rings. The van der Waals surface area contributed by atoms with E-state index in [1.54, 1.807) is 0 Å². The number of nitrogens with one attached hydrogen (secondary N) is 1. The Balaban J connectivity index is 3.37. The molecule has 0 aromatic carbocycles. The number of aliphatic hydroxyl groups is 2. The van der Waals surface area contributed by atoms with Gasteiger partial charge in [0, 0.05) is 12.8 Å². The molecule has 0 bridgehead atoms. The molecule has 6 heteroatoms. The van der Waals surface area contributed by atoms with Crippen LogP contribution in [0.2, 0.25) is 0 Å². The van der Waals surface area contributed by atoms with Gasteiger partial charge in [-0.15, -0.1) is 0 Å². The molecule has 2 atom stereocenters. The molecule has 2 unspecified atom stereocenters. The summed E-state index contributed by atoms with van der Waals surface area (Å²) in [5.41, 5.74) is 0. The monoisotopic (exact) mass is 1050 g/mol. The van der Waals surface area contributed by atoms with E-state index in [1.165, 1.54) is 327 Å². The predicted molar refractivity (Wildman–Crippen MR) is 324 cm³/mol. The maximum Gasteiger partial charge on any atom is 0.305 e.